The first-order chi connectivity index (χ1) is 12.2. The lowest BCUT2D eigenvalue weighted by atomic mass is 9.83. The molecule has 26 heavy (non-hydrogen) atoms. The summed E-state index contributed by atoms with van der Waals surface area (Å²) in [7, 11) is 0. The Morgan fingerprint density at radius 2 is 0.923 bits per heavy atom. The minimum absolute atomic E-state index is 0.0763. The van der Waals surface area contributed by atoms with Crippen molar-refractivity contribution in [2.45, 2.75) is 11.8 Å². The van der Waals surface area contributed by atoms with E-state index in [1.807, 2.05) is 0 Å². The highest BCUT2D eigenvalue weighted by atomic mass is 35.5. The summed E-state index contributed by atoms with van der Waals surface area (Å²) in [6.07, 6.45) is 0. The van der Waals surface area contributed by atoms with Crippen LogP contribution in [0.15, 0.2) is 36.4 Å². The number of ketones is 1. The molecule has 0 aromatic heterocycles. The molecule has 0 aliphatic rings. The first-order valence-electron chi connectivity index (χ1n) is 7.04. The van der Waals surface area contributed by atoms with E-state index in [9.17, 15) is 24.6 Å². The highest BCUT2D eigenvalue weighted by Gasteiger charge is 2.42. The van der Waals surface area contributed by atoms with Gasteiger partial charge in [-0.05, 0) is 24.3 Å². The van der Waals surface area contributed by atoms with Crippen LogP contribution in [0.1, 0.15) is 23.0 Å². The van der Waals surface area contributed by atoms with Gasteiger partial charge in [-0.15, -0.1) is 0 Å². The second-order valence-electron chi connectivity index (χ2n) is 5.22. The molecular formula is C17H10Cl4O5. The van der Waals surface area contributed by atoms with E-state index < -0.39 is 29.6 Å². The van der Waals surface area contributed by atoms with Crippen LogP contribution >= 0.6 is 46.4 Å². The van der Waals surface area contributed by atoms with Crippen molar-refractivity contribution in [3.63, 3.8) is 0 Å². The fraction of sp³-hybridized carbons (Fsp3) is 0.118. The van der Waals surface area contributed by atoms with E-state index in [1.54, 1.807) is 0 Å². The Kier molecular flexibility index (Phi) is 6.53. The number of rotatable bonds is 6. The maximum Gasteiger partial charge on any atom is 0.318 e. The van der Waals surface area contributed by atoms with Crippen LogP contribution in [-0.4, -0.2) is 27.9 Å². The van der Waals surface area contributed by atoms with Gasteiger partial charge in [0.2, 0.25) is 0 Å². The van der Waals surface area contributed by atoms with Crippen LogP contribution in [0, 0.1) is 0 Å². The van der Waals surface area contributed by atoms with E-state index in [1.165, 1.54) is 36.4 Å². The molecule has 2 atom stereocenters. The number of carboxylic acids is 2. The molecule has 0 saturated heterocycles. The fourth-order valence-electron chi connectivity index (χ4n) is 2.51. The lowest BCUT2D eigenvalue weighted by Gasteiger charge is -2.21. The molecule has 9 heteroatoms. The predicted octanol–water partition coefficient (Wildman–Crippen LogP) is 4.91. The van der Waals surface area contributed by atoms with E-state index in [0.717, 1.165) is 0 Å². The van der Waals surface area contributed by atoms with E-state index in [4.69, 9.17) is 46.4 Å². The lowest BCUT2D eigenvalue weighted by molar-refractivity contribution is -0.146. The molecule has 0 amide bonds. The van der Waals surface area contributed by atoms with Crippen LogP contribution in [-0.2, 0) is 14.4 Å². The first-order valence-corrected chi connectivity index (χ1v) is 8.55. The van der Waals surface area contributed by atoms with Gasteiger partial charge in [0.05, 0.1) is 0 Å². The number of carbonyl (C=O) groups is 3. The molecule has 2 aromatic carbocycles. The normalized spacial score (nSPS) is 13.1. The van der Waals surface area contributed by atoms with Gasteiger partial charge in [0.25, 0.3) is 0 Å². The zero-order chi connectivity index (χ0) is 19.6. The van der Waals surface area contributed by atoms with E-state index in [0.29, 0.717) is 0 Å². The summed E-state index contributed by atoms with van der Waals surface area (Å²) < 4.78 is 0. The smallest absolute Gasteiger partial charge is 0.318 e. The molecule has 0 saturated carbocycles. The van der Waals surface area contributed by atoms with Crippen LogP contribution in [0.4, 0.5) is 0 Å². The van der Waals surface area contributed by atoms with Gasteiger partial charge >= 0.3 is 11.9 Å². The largest absolute Gasteiger partial charge is 0.480 e. The third kappa shape index (κ3) is 3.96. The Balaban J connectivity index is 2.67. The fourth-order valence-corrected chi connectivity index (χ4v) is 3.75. The van der Waals surface area contributed by atoms with Crippen LogP contribution in [0.2, 0.25) is 20.1 Å². The monoisotopic (exact) mass is 434 g/mol. The average molecular weight is 436 g/mol. The molecule has 2 aromatic rings. The average Bonchev–Trinajstić information content (AvgIpc) is 2.53. The molecule has 0 heterocycles. The molecule has 2 unspecified atom stereocenters. The van der Waals surface area contributed by atoms with Crippen molar-refractivity contribution in [3.05, 3.63) is 67.6 Å². The van der Waals surface area contributed by atoms with E-state index >= 15 is 0 Å². The van der Waals surface area contributed by atoms with Crippen molar-refractivity contribution in [2.75, 3.05) is 0 Å². The first kappa shape index (κ1) is 20.5. The summed E-state index contributed by atoms with van der Waals surface area (Å²) in [6, 6.07) is 8.34. The van der Waals surface area contributed by atoms with Gasteiger partial charge in [0.15, 0.2) is 5.78 Å². The summed E-state index contributed by atoms with van der Waals surface area (Å²) in [5.74, 6) is -8.19. The SMILES string of the molecule is O=C(O)C(C(=O)C(C(=O)O)c1c(Cl)cccc1Cl)c1c(Cl)cccc1Cl. The summed E-state index contributed by atoms with van der Waals surface area (Å²) in [5, 5.41) is 18.8. The predicted molar refractivity (Wildman–Crippen MR) is 98.7 cm³/mol. The number of aliphatic carboxylic acids is 2. The third-order valence-corrected chi connectivity index (χ3v) is 4.96. The van der Waals surface area contributed by atoms with Crippen molar-refractivity contribution < 1.29 is 24.6 Å². The number of benzene rings is 2. The molecule has 0 radical (unpaired) electrons. The van der Waals surface area contributed by atoms with Gasteiger partial charge in [0, 0.05) is 31.2 Å². The van der Waals surface area contributed by atoms with Crippen LogP contribution in [0.25, 0.3) is 0 Å². The number of Topliss-reactive ketones (excluding diaryl/α,β-unsaturated/α-hetero) is 1. The minimum atomic E-state index is -1.91. The number of hydrogen-bond donors (Lipinski definition) is 2. The van der Waals surface area contributed by atoms with Gasteiger partial charge in [-0.3, -0.25) is 14.4 Å². The molecule has 136 valence electrons. The Morgan fingerprint density at radius 1 is 0.654 bits per heavy atom. The molecule has 5 nitrogen and oxygen atoms in total. The summed E-state index contributed by atoms with van der Waals surface area (Å²) in [5.41, 5.74) is -0.384. The Labute approximate surface area is 168 Å². The quantitative estimate of drug-likeness (QED) is 0.629. The summed E-state index contributed by atoms with van der Waals surface area (Å²) in [6.45, 7) is 0. The van der Waals surface area contributed by atoms with Crippen molar-refractivity contribution in [2.24, 2.45) is 0 Å². The van der Waals surface area contributed by atoms with Crippen LogP contribution in [0.5, 0.6) is 0 Å². The number of carboxylic acid groups (broad SMARTS) is 2. The third-order valence-electron chi connectivity index (χ3n) is 3.64. The lowest BCUT2D eigenvalue weighted by Crippen LogP contribution is -2.32. The minimum Gasteiger partial charge on any atom is -0.480 e. The molecule has 2 N–H and O–H groups in total. The zero-order valence-electron chi connectivity index (χ0n) is 12.7. The molecule has 2 rings (SSSR count). The standard InChI is InChI=1S/C17H10Cl4O5/c18-7-3-1-4-8(19)11(7)13(16(23)24)15(22)14(17(25)26)12-9(20)5-2-6-10(12)21/h1-6,13-14H,(H,23,24)(H,25,26). The molecule has 0 fully saturated rings. The topological polar surface area (TPSA) is 91.7 Å². The van der Waals surface area contributed by atoms with Gasteiger partial charge < -0.3 is 10.2 Å². The molecule has 0 aliphatic carbocycles. The summed E-state index contributed by atoms with van der Waals surface area (Å²) >= 11 is 24.0. The Hall–Kier alpha value is -1.79. The molecule has 0 spiro atoms. The number of hydrogen-bond acceptors (Lipinski definition) is 3. The van der Waals surface area contributed by atoms with Gasteiger partial charge in [-0.2, -0.15) is 0 Å². The maximum absolute atomic E-state index is 12.9. The molecule has 0 aliphatic heterocycles. The van der Waals surface area contributed by atoms with Crippen molar-refractivity contribution in [3.8, 4) is 0 Å². The highest BCUT2D eigenvalue weighted by Crippen LogP contribution is 2.39. The van der Waals surface area contributed by atoms with Gasteiger partial charge in [-0.1, -0.05) is 58.5 Å². The van der Waals surface area contributed by atoms with E-state index in [2.05, 4.69) is 0 Å². The van der Waals surface area contributed by atoms with Gasteiger partial charge in [-0.25, -0.2) is 0 Å². The van der Waals surface area contributed by atoms with Crippen molar-refractivity contribution in [1.29, 1.82) is 0 Å². The highest BCUT2D eigenvalue weighted by molar-refractivity contribution is 6.39. The summed E-state index contributed by atoms with van der Waals surface area (Å²) in [4.78, 5) is 36.5. The van der Waals surface area contributed by atoms with Crippen molar-refractivity contribution in [1.82, 2.24) is 0 Å². The number of carbonyl (C=O) groups excluding carboxylic acids is 1. The number of halogens is 4. The van der Waals surface area contributed by atoms with Crippen LogP contribution in [0.3, 0.4) is 0 Å². The molecular weight excluding hydrogens is 426 g/mol. The Morgan fingerprint density at radius 3 is 1.15 bits per heavy atom. The van der Waals surface area contributed by atoms with Crippen LogP contribution < -0.4 is 0 Å². The zero-order valence-corrected chi connectivity index (χ0v) is 15.8. The second-order valence-corrected chi connectivity index (χ2v) is 6.84. The Bertz CT molecular complexity index is 785. The van der Waals surface area contributed by atoms with Gasteiger partial charge in [0.1, 0.15) is 11.8 Å². The maximum atomic E-state index is 12.9. The molecule has 0 bridgehead atoms. The second kappa shape index (κ2) is 8.27. The van der Waals surface area contributed by atoms with E-state index in [-0.39, 0.29) is 31.2 Å². The van der Waals surface area contributed by atoms with Crippen molar-refractivity contribution >= 4 is 64.1 Å².